The third kappa shape index (κ3) is 2.79. The van der Waals surface area contributed by atoms with Gasteiger partial charge in [-0.15, -0.1) is 0 Å². The highest BCUT2D eigenvalue weighted by molar-refractivity contribution is 5.77. The third-order valence-electron chi connectivity index (χ3n) is 3.21. The molecule has 0 spiro atoms. The molecule has 3 aromatic rings. The zero-order valence-corrected chi connectivity index (χ0v) is 11.5. The molecule has 24 heavy (non-hydrogen) atoms. The molecule has 3 rings (SSSR count). The summed E-state index contributed by atoms with van der Waals surface area (Å²) in [6.07, 6.45) is -9.18. The van der Waals surface area contributed by atoms with Crippen molar-refractivity contribution in [3.05, 3.63) is 53.7 Å². The summed E-state index contributed by atoms with van der Waals surface area (Å²) < 4.78 is 91.0. The molecule has 10 heteroatoms. The Morgan fingerprint density at radius 2 is 1.50 bits per heavy atom. The lowest BCUT2D eigenvalue weighted by atomic mass is 10.1. The Labute approximate surface area is 129 Å². The minimum atomic E-state index is -5.06. The van der Waals surface area contributed by atoms with Crippen molar-refractivity contribution in [1.29, 1.82) is 0 Å². The molecule has 126 valence electrons. The van der Waals surface area contributed by atoms with Gasteiger partial charge in [-0.1, -0.05) is 12.1 Å². The maximum atomic E-state index is 13.0. The molecule has 1 aromatic carbocycles. The van der Waals surface area contributed by atoms with Crippen LogP contribution in [-0.2, 0) is 12.4 Å². The number of halogens is 7. The normalized spacial score (nSPS) is 12.8. The van der Waals surface area contributed by atoms with Crippen LogP contribution in [0.25, 0.3) is 16.8 Å². The minimum Gasteiger partial charge on any atom is -0.223 e. The summed E-state index contributed by atoms with van der Waals surface area (Å²) in [6.45, 7) is 0. The second-order valence-corrected chi connectivity index (χ2v) is 4.82. The van der Waals surface area contributed by atoms with E-state index in [1.807, 2.05) is 0 Å². The number of fused-ring (bicyclic) bond motifs is 1. The summed E-state index contributed by atoms with van der Waals surface area (Å²) in [6, 6.07) is 4.37. The zero-order valence-electron chi connectivity index (χ0n) is 11.5. The lowest BCUT2D eigenvalue weighted by Gasteiger charge is -2.13. The highest BCUT2D eigenvalue weighted by Gasteiger charge is 2.40. The van der Waals surface area contributed by atoms with E-state index in [2.05, 4.69) is 10.1 Å². The molecule has 0 saturated carbocycles. The molecular weight excluding hydrogens is 343 g/mol. The molecule has 0 aliphatic heterocycles. The van der Waals surface area contributed by atoms with Gasteiger partial charge in [0.15, 0.2) is 11.3 Å². The molecule has 0 bridgehead atoms. The fourth-order valence-corrected chi connectivity index (χ4v) is 2.14. The van der Waals surface area contributed by atoms with Gasteiger partial charge in [0.2, 0.25) is 0 Å². The van der Waals surface area contributed by atoms with Gasteiger partial charge in [-0.3, -0.25) is 0 Å². The van der Waals surface area contributed by atoms with E-state index in [-0.39, 0.29) is 21.7 Å². The molecule has 2 heterocycles. The zero-order chi connectivity index (χ0) is 17.7. The van der Waals surface area contributed by atoms with Gasteiger partial charge in [-0.2, -0.15) is 31.4 Å². The molecule has 0 amide bonds. The fourth-order valence-electron chi connectivity index (χ4n) is 2.14. The first kappa shape index (κ1) is 16.2. The Kier molecular flexibility index (Phi) is 3.50. The first-order valence-corrected chi connectivity index (χ1v) is 6.36. The van der Waals surface area contributed by atoms with Crippen LogP contribution in [0.15, 0.2) is 36.5 Å². The molecule has 0 fully saturated rings. The average molecular weight is 349 g/mol. The van der Waals surface area contributed by atoms with Crippen LogP contribution in [0, 0.1) is 5.82 Å². The van der Waals surface area contributed by atoms with Gasteiger partial charge in [0.1, 0.15) is 11.5 Å². The van der Waals surface area contributed by atoms with Gasteiger partial charge in [0, 0.05) is 5.56 Å². The summed E-state index contributed by atoms with van der Waals surface area (Å²) in [5.74, 6) is -0.602. The van der Waals surface area contributed by atoms with Crippen LogP contribution in [0.5, 0.6) is 0 Å². The second kappa shape index (κ2) is 5.18. The molecule has 0 atom stereocenters. The number of hydrogen-bond acceptors (Lipinski definition) is 2. The van der Waals surface area contributed by atoms with Crippen molar-refractivity contribution in [1.82, 2.24) is 14.6 Å². The van der Waals surface area contributed by atoms with Crippen molar-refractivity contribution >= 4 is 5.65 Å². The summed E-state index contributed by atoms with van der Waals surface area (Å²) in [5.41, 5.74) is -3.80. The predicted octanol–water partition coefficient (Wildman–Crippen LogP) is 4.57. The van der Waals surface area contributed by atoms with E-state index in [0.717, 1.165) is 18.3 Å². The van der Waals surface area contributed by atoms with Crippen LogP contribution < -0.4 is 0 Å². The largest absolute Gasteiger partial charge is 0.433 e. The standard InChI is InChI=1S/C14H6F7N3/c15-8-3-1-7(2-4-8)9-6-22-24-11(14(19,20)21)5-10(13(16,17)18)23-12(9)24/h1-6H. The van der Waals surface area contributed by atoms with Crippen molar-refractivity contribution in [3.63, 3.8) is 0 Å². The maximum Gasteiger partial charge on any atom is 0.433 e. The molecule has 2 aromatic heterocycles. The number of nitrogens with zero attached hydrogens (tertiary/aromatic N) is 3. The van der Waals surface area contributed by atoms with Crippen LogP contribution in [0.1, 0.15) is 11.4 Å². The smallest absolute Gasteiger partial charge is 0.223 e. The van der Waals surface area contributed by atoms with E-state index in [1.165, 1.54) is 12.1 Å². The summed E-state index contributed by atoms with van der Waals surface area (Å²) in [7, 11) is 0. The van der Waals surface area contributed by atoms with Crippen LogP contribution in [0.2, 0.25) is 0 Å². The average Bonchev–Trinajstić information content (AvgIpc) is 2.89. The topological polar surface area (TPSA) is 30.2 Å². The van der Waals surface area contributed by atoms with Crippen molar-refractivity contribution < 1.29 is 30.7 Å². The number of aromatic nitrogens is 3. The Morgan fingerprint density at radius 1 is 0.875 bits per heavy atom. The van der Waals surface area contributed by atoms with Crippen molar-refractivity contribution in [2.24, 2.45) is 0 Å². The Morgan fingerprint density at radius 3 is 2.04 bits per heavy atom. The van der Waals surface area contributed by atoms with Gasteiger partial charge in [-0.25, -0.2) is 13.9 Å². The van der Waals surface area contributed by atoms with Crippen LogP contribution in [-0.4, -0.2) is 14.6 Å². The van der Waals surface area contributed by atoms with Gasteiger partial charge in [0.05, 0.1) is 6.20 Å². The lowest BCUT2D eigenvalue weighted by molar-refractivity contribution is -0.148. The van der Waals surface area contributed by atoms with Gasteiger partial charge in [0.25, 0.3) is 0 Å². The number of benzene rings is 1. The molecule has 3 nitrogen and oxygen atoms in total. The first-order chi connectivity index (χ1) is 11.1. The van der Waals surface area contributed by atoms with E-state index < -0.39 is 35.2 Å². The highest BCUT2D eigenvalue weighted by atomic mass is 19.4. The molecule has 0 N–H and O–H groups in total. The maximum absolute atomic E-state index is 13.0. The van der Waals surface area contributed by atoms with E-state index in [0.29, 0.717) is 0 Å². The van der Waals surface area contributed by atoms with Crippen molar-refractivity contribution in [2.45, 2.75) is 12.4 Å². The van der Waals surface area contributed by atoms with Gasteiger partial charge < -0.3 is 0 Å². The summed E-state index contributed by atoms with van der Waals surface area (Å²) in [5, 5.41) is 3.48. The van der Waals surface area contributed by atoms with E-state index in [1.54, 1.807) is 0 Å². The lowest BCUT2D eigenvalue weighted by Crippen LogP contribution is -2.18. The molecule has 0 aliphatic carbocycles. The minimum absolute atomic E-state index is 0.0772. The number of rotatable bonds is 1. The van der Waals surface area contributed by atoms with Crippen LogP contribution in [0.3, 0.4) is 0 Å². The monoisotopic (exact) mass is 349 g/mol. The van der Waals surface area contributed by atoms with Crippen LogP contribution >= 0.6 is 0 Å². The highest BCUT2D eigenvalue weighted by Crippen LogP contribution is 2.36. The molecule has 0 saturated heterocycles. The fraction of sp³-hybridized carbons (Fsp3) is 0.143. The number of alkyl halides is 6. The Balaban J connectivity index is 2.33. The summed E-state index contributed by atoms with van der Waals surface area (Å²) >= 11 is 0. The molecule has 0 unspecified atom stereocenters. The number of hydrogen-bond donors (Lipinski definition) is 0. The Hall–Kier alpha value is -2.65. The van der Waals surface area contributed by atoms with E-state index >= 15 is 0 Å². The van der Waals surface area contributed by atoms with Crippen LogP contribution in [0.4, 0.5) is 30.7 Å². The SMILES string of the molecule is Fc1ccc(-c2cnn3c(C(F)(F)F)cc(C(F)(F)F)nc23)cc1. The third-order valence-corrected chi connectivity index (χ3v) is 3.21. The van der Waals surface area contributed by atoms with Crippen molar-refractivity contribution in [2.75, 3.05) is 0 Å². The quantitative estimate of drug-likeness (QED) is 0.603. The van der Waals surface area contributed by atoms with E-state index in [9.17, 15) is 30.7 Å². The van der Waals surface area contributed by atoms with E-state index in [4.69, 9.17) is 0 Å². The Bertz CT molecular complexity index is 892. The van der Waals surface area contributed by atoms with Gasteiger partial charge >= 0.3 is 12.4 Å². The molecule has 0 radical (unpaired) electrons. The van der Waals surface area contributed by atoms with Crippen molar-refractivity contribution in [3.8, 4) is 11.1 Å². The van der Waals surface area contributed by atoms with Gasteiger partial charge in [-0.05, 0) is 23.8 Å². The molecular formula is C14H6F7N3. The first-order valence-electron chi connectivity index (χ1n) is 6.36. The molecule has 0 aliphatic rings. The predicted molar refractivity (Wildman–Crippen MR) is 68.4 cm³/mol. The summed E-state index contributed by atoms with van der Waals surface area (Å²) in [4.78, 5) is 3.26. The second-order valence-electron chi connectivity index (χ2n) is 4.82.